The highest BCUT2D eigenvalue weighted by molar-refractivity contribution is 6.33. The predicted octanol–water partition coefficient (Wildman–Crippen LogP) is 4.06. The van der Waals surface area contributed by atoms with Gasteiger partial charge in [0.1, 0.15) is 0 Å². The van der Waals surface area contributed by atoms with E-state index in [1.165, 1.54) is 24.3 Å². The van der Waals surface area contributed by atoms with Crippen molar-refractivity contribution in [2.24, 2.45) is 0 Å². The van der Waals surface area contributed by atoms with E-state index < -0.39 is 28.7 Å². The fourth-order valence-corrected chi connectivity index (χ4v) is 2.38. The van der Waals surface area contributed by atoms with Crippen LogP contribution in [-0.4, -0.2) is 23.0 Å². The number of anilines is 1. The van der Waals surface area contributed by atoms with Gasteiger partial charge >= 0.3 is 18.1 Å². The number of nitro groups is 1. The largest absolute Gasteiger partial charge is 0.492 e. The van der Waals surface area contributed by atoms with Crippen LogP contribution in [0.3, 0.4) is 0 Å². The highest BCUT2D eigenvalue weighted by atomic mass is 35.5. The molecule has 0 bridgehead atoms. The summed E-state index contributed by atoms with van der Waals surface area (Å²) < 4.78 is 50.2. The number of urea groups is 1. The summed E-state index contributed by atoms with van der Waals surface area (Å²) in [5.41, 5.74) is -0.683. The van der Waals surface area contributed by atoms with Gasteiger partial charge in [0.25, 0.3) is 5.69 Å². The number of hydrogen-bond acceptors (Lipinski definition) is 5. The van der Waals surface area contributed by atoms with Gasteiger partial charge in [-0.05, 0) is 18.2 Å². The number of ether oxygens (including phenoxy) is 2. The van der Waals surface area contributed by atoms with Gasteiger partial charge in [-0.15, -0.1) is 0 Å². The van der Waals surface area contributed by atoms with E-state index in [4.69, 9.17) is 21.1 Å². The van der Waals surface area contributed by atoms with Crippen LogP contribution >= 0.6 is 11.6 Å². The molecular weight excluding hydrogens is 395 g/mol. The molecule has 2 aromatic carbocycles. The highest BCUT2D eigenvalue weighted by Gasteiger charge is 2.65. The molecule has 2 N–H and O–H groups in total. The van der Waals surface area contributed by atoms with Crippen LogP contribution in [0.2, 0.25) is 5.02 Å². The zero-order valence-electron chi connectivity index (χ0n) is 13.0. The molecule has 142 valence electrons. The van der Waals surface area contributed by atoms with Crippen LogP contribution in [-0.2, 0) is 0 Å². The fourth-order valence-electron chi connectivity index (χ4n) is 2.21. The maximum atomic E-state index is 13.5. The molecule has 0 radical (unpaired) electrons. The first-order valence-electron chi connectivity index (χ1n) is 7.18. The average molecular weight is 404 g/mol. The number of non-ortho nitro benzene ring substituents is 1. The second kappa shape index (κ2) is 6.50. The molecule has 2 amide bonds. The number of hydrogen-bond donors (Lipinski definition) is 2. The Labute approximate surface area is 154 Å². The quantitative estimate of drug-likeness (QED) is 0.594. The second-order valence-electron chi connectivity index (χ2n) is 5.27. The molecule has 2 aromatic rings. The Balaban J connectivity index is 1.83. The van der Waals surface area contributed by atoms with E-state index in [9.17, 15) is 28.1 Å². The molecule has 0 unspecified atom stereocenters. The number of amides is 2. The van der Waals surface area contributed by atoms with Crippen molar-refractivity contribution in [3.63, 3.8) is 0 Å². The van der Waals surface area contributed by atoms with Crippen LogP contribution in [0.1, 0.15) is 0 Å². The van der Waals surface area contributed by atoms with Crippen molar-refractivity contribution in [1.82, 2.24) is 5.32 Å². The third-order valence-corrected chi connectivity index (χ3v) is 3.75. The minimum absolute atomic E-state index is 0.117. The van der Waals surface area contributed by atoms with E-state index in [1.54, 1.807) is 5.32 Å². The van der Waals surface area contributed by atoms with Crippen LogP contribution in [0.25, 0.3) is 0 Å². The zero-order chi connectivity index (χ0) is 19.8. The number of carbonyl (C=O) groups excluding carboxylic acids is 1. The molecule has 0 saturated heterocycles. The van der Waals surface area contributed by atoms with Gasteiger partial charge in [-0.1, -0.05) is 23.7 Å². The molecule has 3 rings (SSSR count). The summed E-state index contributed by atoms with van der Waals surface area (Å²) in [5.74, 6) is -3.90. The van der Waals surface area contributed by atoms with Gasteiger partial charge in [-0.3, -0.25) is 15.4 Å². The SMILES string of the molecule is O=C(Nc1cc([N+](=O)[O-])ccc1Cl)NC1(C(F)(F)F)Oc2ccccc2O1. The molecule has 12 heteroatoms. The van der Waals surface area contributed by atoms with Gasteiger partial charge in [0.05, 0.1) is 15.6 Å². The van der Waals surface area contributed by atoms with Gasteiger partial charge in [-0.2, -0.15) is 13.2 Å². The first-order chi connectivity index (χ1) is 12.6. The summed E-state index contributed by atoms with van der Waals surface area (Å²) in [6.45, 7) is 0. The smallest absolute Gasteiger partial charge is 0.424 e. The van der Waals surface area contributed by atoms with Crippen LogP contribution in [0, 0.1) is 10.1 Å². The van der Waals surface area contributed by atoms with Gasteiger partial charge in [0, 0.05) is 12.1 Å². The number of halogens is 4. The molecule has 0 saturated carbocycles. The Morgan fingerprint density at radius 2 is 1.74 bits per heavy atom. The lowest BCUT2D eigenvalue weighted by Gasteiger charge is -2.29. The van der Waals surface area contributed by atoms with Gasteiger partial charge < -0.3 is 14.8 Å². The van der Waals surface area contributed by atoms with E-state index in [-0.39, 0.29) is 22.2 Å². The third-order valence-electron chi connectivity index (χ3n) is 3.42. The zero-order valence-corrected chi connectivity index (χ0v) is 13.8. The Morgan fingerprint density at radius 1 is 1.15 bits per heavy atom. The second-order valence-corrected chi connectivity index (χ2v) is 5.67. The van der Waals surface area contributed by atoms with Crippen LogP contribution < -0.4 is 20.1 Å². The molecule has 1 aliphatic heterocycles. The number of para-hydroxylation sites is 2. The summed E-state index contributed by atoms with van der Waals surface area (Å²) >= 11 is 5.81. The first kappa shape index (κ1) is 18.6. The Morgan fingerprint density at radius 3 is 2.26 bits per heavy atom. The van der Waals surface area contributed by atoms with Crippen LogP contribution in [0.4, 0.5) is 29.3 Å². The number of nitro benzene ring substituents is 1. The summed E-state index contributed by atoms with van der Waals surface area (Å²) in [6, 6.07) is 7.01. The number of alkyl halides is 3. The maximum absolute atomic E-state index is 13.5. The van der Waals surface area contributed by atoms with E-state index in [1.807, 2.05) is 5.32 Å². The molecule has 0 fully saturated rings. The number of benzene rings is 2. The van der Waals surface area contributed by atoms with Crippen molar-refractivity contribution in [3.8, 4) is 11.5 Å². The van der Waals surface area contributed by atoms with Crippen molar-refractivity contribution >= 4 is 29.0 Å². The van der Waals surface area contributed by atoms with E-state index in [0.717, 1.165) is 18.2 Å². The Kier molecular flexibility index (Phi) is 4.47. The molecule has 0 aliphatic carbocycles. The van der Waals surface area contributed by atoms with Gasteiger partial charge in [0.15, 0.2) is 11.5 Å². The maximum Gasteiger partial charge on any atom is 0.492 e. The van der Waals surface area contributed by atoms with Crippen LogP contribution in [0.5, 0.6) is 11.5 Å². The predicted molar refractivity (Wildman–Crippen MR) is 86.7 cm³/mol. The standard InChI is InChI=1S/C15H9ClF3N3O5/c16-9-6-5-8(22(24)25)7-10(9)20-13(23)21-15(14(17,18)19)26-11-3-1-2-4-12(11)27-15/h1-7H,(H2,20,21,23). The number of fused-ring (bicyclic) bond motifs is 1. The number of nitrogens with one attached hydrogen (secondary N) is 2. The summed E-state index contributed by atoms with van der Waals surface area (Å²) in [7, 11) is 0. The first-order valence-corrected chi connectivity index (χ1v) is 7.56. The number of nitrogens with zero attached hydrogens (tertiary/aromatic N) is 1. The molecule has 0 atom stereocenters. The number of rotatable bonds is 3. The van der Waals surface area contributed by atoms with Crippen LogP contribution in [0.15, 0.2) is 42.5 Å². The number of carbonyl (C=O) groups is 1. The third kappa shape index (κ3) is 3.53. The summed E-state index contributed by atoms with van der Waals surface area (Å²) in [4.78, 5) is 22.1. The Bertz CT molecular complexity index is 897. The lowest BCUT2D eigenvalue weighted by atomic mass is 10.3. The van der Waals surface area contributed by atoms with Gasteiger partial charge in [-0.25, -0.2) is 4.79 Å². The van der Waals surface area contributed by atoms with E-state index in [0.29, 0.717) is 0 Å². The molecule has 1 aliphatic rings. The lowest BCUT2D eigenvalue weighted by molar-refractivity contribution is -0.384. The highest BCUT2D eigenvalue weighted by Crippen LogP contribution is 2.44. The molecule has 0 aromatic heterocycles. The van der Waals surface area contributed by atoms with Crippen molar-refractivity contribution in [2.45, 2.75) is 12.1 Å². The van der Waals surface area contributed by atoms with Crippen molar-refractivity contribution < 1.29 is 32.4 Å². The minimum Gasteiger partial charge on any atom is -0.424 e. The topological polar surface area (TPSA) is 103 Å². The summed E-state index contributed by atoms with van der Waals surface area (Å²) in [5, 5.41) is 14.2. The van der Waals surface area contributed by atoms with E-state index >= 15 is 0 Å². The fraction of sp³-hybridized carbons (Fsp3) is 0.133. The van der Waals surface area contributed by atoms with Gasteiger partial charge in [0.2, 0.25) is 0 Å². The molecule has 27 heavy (non-hydrogen) atoms. The lowest BCUT2D eigenvalue weighted by Crippen LogP contribution is -2.65. The molecular formula is C15H9ClF3N3O5. The van der Waals surface area contributed by atoms with E-state index in [2.05, 4.69) is 0 Å². The Hall–Kier alpha value is -3.21. The molecule has 0 spiro atoms. The summed E-state index contributed by atoms with van der Waals surface area (Å²) in [6.07, 6.45) is -5.14. The van der Waals surface area contributed by atoms with Crippen molar-refractivity contribution in [1.29, 1.82) is 0 Å². The monoisotopic (exact) mass is 403 g/mol. The molecule has 1 heterocycles. The van der Waals surface area contributed by atoms with Crippen molar-refractivity contribution in [2.75, 3.05) is 5.32 Å². The minimum atomic E-state index is -5.14. The van der Waals surface area contributed by atoms with Crippen molar-refractivity contribution in [3.05, 3.63) is 57.6 Å². The normalized spacial score (nSPS) is 14.5. The average Bonchev–Trinajstić information content (AvgIpc) is 2.95. The molecule has 8 nitrogen and oxygen atoms in total.